The zero-order chi connectivity index (χ0) is 14.8. The highest BCUT2D eigenvalue weighted by Gasteiger charge is 2.29. The number of benzene rings is 2. The Labute approximate surface area is 128 Å². The molecule has 0 aromatic heterocycles. The predicted molar refractivity (Wildman–Crippen MR) is 81.6 cm³/mol. The van der Waals surface area contributed by atoms with Crippen LogP contribution >= 0.6 is 11.6 Å². The molecule has 0 radical (unpaired) electrons. The molecule has 0 saturated heterocycles. The summed E-state index contributed by atoms with van der Waals surface area (Å²) in [6, 6.07) is 12.8. The second-order valence-corrected chi connectivity index (χ2v) is 5.37. The predicted octanol–water partition coefficient (Wildman–Crippen LogP) is 4.10. The van der Waals surface area contributed by atoms with Crippen molar-refractivity contribution in [2.75, 3.05) is 13.7 Å². The fraction of sp³-hybridized carbons (Fsp3) is 0.235. The van der Waals surface area contributed by atoms with Crippen molar-refractivity contribution in [3.05, 3.63) is 58.6 Å². The average Bonchev–Trinajstić information content (AvgIpc) is 2.53. The summed E-state index contributed by atoms with van der Waals surface area (Å²) in [4.78, 5) is 12.9. The molecule has 0 bridgehead atoms. The molecule has 1 aliphatic rings. The van der Waals surface area contributed by atoms with Gasteiger partial charge >= 0.3 is 0 Å². The Hall–Kier alpha value is -2.00. The molecule has 3 rings (SSSR count). The van der Waals surface area contributed by atoms with Crippen LogP contribution < -0.4 is 9.47 Å². The van der Waals surface area contributed by atoms with Crippen LogP contribution in [0, 0.1) is 0 Å². The monoisotopic (exact) mass is 302 g/mol. The maximum Gasteiger partial charge on any atom is 0.174 e. The zero-order valence-electron chi connectivity index (χ0n) is 11.6. The van der Waals surface area contributed by atoms with Gasteiger partial charge in [0.25, 0.3) is 0 Å². The van der Waals surface area contributed by atoms with Gasteiger partial charge in [0.2, 0.25) is 0 Å². The van der Waals surface area contributed by atoms with Crippen molar-refractivity contribution in [3.63, 3.8) is 0 Å². The molecule has 0 N–H and O–H groups in total. The first-order chi connectivity index (χ1) is 10.2. The molecule has 21 heavy (non-hydrogen) atoms. The Morgan fingerprint density at radius 3 is 2.90 bits per heavy atom. The van der Waals surface area contributed by atoms with Gasteiger partial charge in [0, 0.05) is 10.6 Å². The standard InChI is InChI=1S/C17H15ClO3/c1-20-15-7-6-11(18)10-14(15)17(19)13-8-9-21-16-5-3-2-4-12(13)16/h2-7,10,13H,8-9H2,1H3. The van der Waals surface area contributed by atoms with Crippen molar-refractivity contribution < 1.29 is 14.3 Å². The van der Waals surface area contributed by atoms with E-state index in [0.29, 0.717) is 29.4 Å². The van der Waals surface area contributed by atoms with Crippen LogP contribution in [0.5, 0.6) is 11.5 Å². The summed E-state index contributed by atoms with van der Waals surface area (Å²) in [6.07, 6.45) is 0.658. The minimum atomic E-state index is -0.220. The van der Waals surface area contributed by atoms with Gasteiger partial charge in [-0.3, -0.25) is 4.79 Å². The Morgan fingerprint density at radius 2 is 2.10 bits per heavy atom. The van der Waals surface area contributed by atoms with Gasteiger partial charge in [0.05, 0.1) is 25.2 Å². The Balaban J connectivity index is 2.02. The molecule has 1 aliphatic heterocycles. The molecular formula is C17H15ClO3. The molecule has 0 aliphatic carbocycles. The van der Waals surface area contributed by atoms with E-state index in [9.17, 15) is 4.79 Å². The SMILES string of the molecule is COc1ccc(Cl)cc1C(=O)C1CCOc2ccccc21. The second kappa shape index (κ2) is 5.78. The van der Waals surface area contributed by atoms with E-state index in [4.69, 9.17) is 21.1 Å². The normalized spacial score (nSPS) is 16.8. The summed E-state index contributed by atoms with van der Waals surface area (Å²) in [7, 11) is 1.55. The fourth-order valence-electron chi connectivity index (χ4n) is 2.67. The topological polar surface area (TPSA) is 35.5 Å². The summed E-state index contributed by atoms with van der Waals surface area (Å²) in [5.74, 6) is 1.13. The number of hydrogen-bond donors (Lipinski definition) is 0. The molecule has 0 saturated carbocycles. The van der Waals surface area contributed by atoms with E-state index in [1.165, 1.54) is 0 Å². The fourth-order valence-corrected chi connectivity index (χ4v) is 2.85. The van der Waals surface area contributed by atoms with Crippen molar-refractivity contribution >= 4 is 17.4 Å². The number of carbonyl (C=O) groups is 1. The van der Waals surface area contributed by atoms with Crippen LogP contribution in [0.3, 0.4) is 0 Å². The number of fused-ring (bicyclic) bond motifs is 1. The van der Waals surface area contributed by atoms with E-state index in [0.717, 1.165) is 11.3 Å². The van der Waals surface area contributed by atoms with E-state index in [-0.39, 0.29) is 11.7 Å². The molecule has 3 nitrogen and oxygen atoms in total. The van der Waals surface area contributed by atoms with Crippen molar-refractivity contribution in [2.24, 2.45) is 0 Å². The average molecular weight is 303 g/mol. The lowest BCUT2D eigenvalue weighted by atomic mass is 9.86. The first-order valence-corrected chi connectivity index (χ1v) is 7.18. The van der Waals surface area contributed by atoms with E-state index in [1.807, 2.05) is 24.3 Å². The van der Waals surface area contributed by atoms with Gasteiger partial charge < -0.3 is 9.47 Å². The highest BCUT2D eigenvalue weighted by molar-refractivity contribution is 6.31. The zero-order valence-corrected chi connectivity index (χ0v) is 12.4. The third-order valence-corrected chi connectivity index (χ3v) is 3.94. The summed E-state index contributed by atoms with van der Waals surface area (Å²) in [5, 5.41) is 0.527. The third kappa shape index (κ3) is 2.61. The molecule has 108 valence electrons. The van der Waals surface area contributed by atoms with Gasteiger partial charge in [-0.2, -0.15) is 0 Å². The molecule has 2 aromatic carbocycles. The Morgan fingerprint density at radius 1 is 1.29 bits per heavy atom. The van der Waals surface area contributed by atoms with Gasteiger partial charge in [-0.1, -0.05) is 29.8 Å². The lowest BCUT2D eigenvalue weighted by molar-refractivity contribution is 0.0930. The highest BCUT2D eigenvalue weighted by atomic mass is 35.5. The van der Waals surface area contributed by atoms with Crippen molar-refractivity contribution in [1.29, 1.82) is 0 Å². The van der Waals surface area contributed by atoms with Crippen molar-refractivity contribution in [1.82, 2.24) is 0 Å². The second-order valence-electron chi connectivity index (χ2n) is 4.94. The molecular weight excluding hydrogens is 288 g/mol. The third-order valence-electron chi connectivity index (χ3n) is 3.70. The molecule has 0 spiro atoms. The van der Waals surface area contributed by atoms with Gasteiger partial charge in [0.15, 0.2) is 5.78 Å². The van der Waals surface area contributed by atoms with Crippen LogP contribution in [0.15, 0.2) is 42.5 Å². The summed E-state index contributed by atoms with van der Waals surface area (Å²) >= 11 is 6.02. The first kappa shape index (κ1) is 14.0. The number of rotatable bonds is 3. The molecule has 0 fully saturated rings. The Kier molecular flexibility index (Phi) is 3.84. The minimum Gasteiger partial charge on any atom is -0.496 e. The summed E-state index contributed by atoms with van der Waals surface area (Å²) in [5.41, 5.74) is 1.45. The number of Topliss-reactive ketones (excluding diaryl/α,β-unsaturated/α-hetero) is 1. The number of ketones is 1. The Bertz CT molecular complexity index is 681. The quantitative estimate of drug-likeness (QED) is 0.801. The lowest BCUT2D eigenvalue weighted by Crippen LogP contribution is -2.21. The van der Waals surface area contributed by atoms with E-state index in [1.54, 1.807) is 25.3 Å². The van der Waals surface area contributed by atoms with Crippen LogP contribution in [0.4, 0.5) is 0 Å². The number of halogens is 1. The minimum absolute atomic E-state index is 0.0186. The highest BCUT2D eigenvalue weighted by Crippen LogP contribution is 2.37. The molecule has 0 amide bonds. The van der Waals surface area contributed by atoms with E-state index >= 15 is 0 Å². The van der Waals surface area contributed by atoms with Gasteiger partial charge in [-0.15, -0.1) is 0 Å². The van der Waals surface area contributed by atoms with Crippen LogP contribution in [0.2, 0.25) is 5.02 Å². The van der Waals surface area contributed by atoms with Gasteiger partial charge in [-0.05, 0) is 30.7 Å². The maximum absolute atomic E-state index is 12.9. The first-order valence-electron chi connectivity index (χ1n) is 6.80. The van der Waals surface area contributed by atoms with Gasteiger partial charge in [-0.25, -0.2) is 0 Å². The number of carbonyl (C=O) groups excluding carboxylic acids is 1. The molecule has 1 atom stereocenters. The molecule has 1 unspecified atom stereocenters. The van der Waals surface area contributed by atoms with Crippen LogP contribution in [-0.4, -0.2) is 19.5 Å². The maximum atomic E-state index is 12.9. The van der Waals surface area contributed by atoms with Crippen molar-refractivity contribution in [2.45, 2.75) is 12.3 Å². The smallest absolute Gasteiger partial charge is 0.174 e. The van der Waals surface area contributed by atoms with E-state index < -0.39 is 0 Å². The number of hydrogen-bond acceptors (Lipinski definition) is 3. The van der Waals surface area contributed by atoms with Gasteiger partial charge in [0.1, 0.15) is 11.5 Å². The van der Waals surface area contributed by atoms with Crippen LogP contribution in [-0.2, 0) is 0 Å². The number of para-hydroxylation sites is 1. The summed E-state index contributed by atoms with van der Waals surface area (Å²) in [6.45, 7) is 0.538. The van der Waals surface area contributed by atoms with Crippen molar-refractivity contribution in [3.8, 4) is 11.5 Å². The van der Waals surface area contributed by atoms with E-state index in [2.05, 4.69) is 0 Å². The summed E-state index contributed by atoms with van der Waals surface area (Å²) < 4.78 is 10.9. The van der Waals surface area contributed by atoms with Crippen LogP contribution in [0.25, 0.3) is 0 Å². The largest absolute Gasteiger partial charge is 0.496 e. The number of ether oxygens (including phenoxy) is 2. The molecule has 2 aromatic rings. The van der Waals surface area contributed by atoms with Crippen LogP contribution in [0.1, 0.15) is 28.3 Å². The lowest BCUT2D eigenvalue weighted by Gasteiger charge is -2.25. The molecule has 1 heterocycles. The molecule has 4 heteroatoms. The number of methoxy groups -OCH3 is 1.